The van der Waals surface area contributed by atoms with E-state index in [1.807, 2.05) is 13.0 Å². The van der Waals surface area contributed by atoms with Crippen molar-refractivity contribution in [2.75, 3.05) is 0 Å². The SMILES string of the molecule is CC1CCCC=CC1=O. The average molecular weight is 124 g/mol. The van der Waals surface area contributed by atoms with Crippen LogP contribution >= 0.6 is 0 Å². The van der Waals surface area contributed by atoms with E-state index >= 15 is 0 Å². The number of allylic oxidation sites excluding steroid dienone is 2. The van der Waals surface area contributed by atoms with Gasteiger partial charge >= 0.3 is 0 Å². The van der Waals surface area contributed by atoms with Crippen molar-refractivity contribution in [3.63, 3.8) is 0 Å². The molecule has 0 fully saturated rings. The van der Waals surface area contributed by atoms with Crippen LogP contribution in [0.25, 0.3) is 0 Å². The molecule has 0 bridgehead atoms. The van der Waals surface area contributed by atoms with Gasteiger partial charge in [0.2, 0.25) is 0 Å². The van der Waals surface area contributed by atoms with Gasteiger partial charge in [-0.25, -0.2) is 0 Å². The molecule has 1 rings (SSSR count). The summed E-state index contributed by atoms with van der Waals surface area (Å²) in [4.78, 5) is 10.9. The number of carbonyl (C=O) groups is 1. The van der Waals surface area contributed by atoms with Gasteiger partial charge in [-0.15, -0.1) is 0 Å². The van der Waals surface area contributed by atoms with Crippen LogP contribution in [-0.2, 0) is 4.79 Å². The Morgan fingerprint density at radius 2 is 2.44 bits per heavy atom. The molecule has 1 aliphatic rings. The van der Waals surface area contributed by atoms with Crippen molar-refractivity contribution in [3.8, 4) is 0 Å². The first kappa shape index (κ1) is 6.53. The van der Waals surface area contributed by atoms with Gasteiger partial charge in [-0.1, -0.05) is 13.0 Å². The Morgan fingerprint density at radius 3 is 3.22 bits per heavy atom. The summed E-state index contributed by atoms with van der Waals surface area (Å²) >= 11 is 0. The van der Waals surface area contributed by atoms with Gasteiger partial charge in [0.05, 0.1) is 0 Å². The highest BCUT2D eigenvalue weighted by atomic mass is 16.1. The molecule has 1 atom stereocenters. The Labute approximate surface area is 55.8 Å². The molecule has 0 heterocycles. The van der Waals surface area contributed by atoms with E-state index in [4.69, 9.17) is 0 Å². The van der Waals surface area contributed by atoms with Gasteiger partial charge in [-0.05, 0) is 25.3 Å². The van der Waals surface area contributed by atoms with Crippen molar-refractivity contribution in [1.29, 1.82) is 0 Å². The molecule has 0 aromatic heterocycles. The van der Waals surface area contributed by atoms with Crippen LogP contribution in [0.1, 0.15) is 26.2 Å². The van der Waals surface area contributed by atoms with E-state index in [0.29, 0.717) is 5.78 Å². The van der Waals surface area contributed by atoms with Crippen molar-refractivity contribution in [2.24, 2.45) is 5.92 Å². The molecule has 0 aliphatic heterocycles. The van der Waals surface area contributed by atoms with E-state index < -0.39 is 0 Å². The third-order valence-electron chi connectivity index (χ3n) is 1.78. The van der Waals surface area contributed by atoms with Gasteiger partial charge in [0.25, 0.3) is 0 Å². The number of rotatable bonds is 0. The fourth-order valence-electron chi connectivity index (χ4n) is 1.05. The molecule has 1 unspecified atom stereocenters. The smallest absolute Gasteiger partial charge is 0.158 e. The first-order chi connectivity index (χ1) is 4.30. The zero-order valence-corrected chi connectivity index (χ0v) is 5.76. The topological polar surface area (TPSA) is 17.1 Å². The van der Waals surface area contributed by atoms with E-state index in [0.717, 1.165) is 12.8 Å². The van der Waals surface area contributed by atoms with Crippen LogP contribution in [0.3, 0.4) is 0 Å². The molecule has 1 aliphatic carbocycles. The molecular formula is C8H12O. The minimum atomic E-state index is 0.267. The van der Waals surface area contributed by atoms with Crippen LogP contribution in [0.4, 0.5) is 0 Å². The van der Waals surface area contributed by atoms with Crippen LogP contribution in [0.5, 0.6) is 0 Å². The fraction of sp³-hybridized carbons (Fsp3) is 0.625. The quantitative estimate of drug-likeness (QED) is 0.482. The molecular weight excluding hydrogens is 112 g/mol. The summed E-state index contributed by atoms with van der Waals surface area (Å²) in [6, 6.07) is 0. The van der Waals surface area contributed by atoms with E-state index in [-0.39, 0.29) is 5.92 Å². The second-order valence-corrected chi connectivity index (χ2v) is 2.64. The van der Waals surface area contributed by atoms with Gasteiger partial charge in [-0.3, -0.25) is 4.79 Å². The highest BCUT2D eigenvalue weighted by Crippen LogP contribution is 2.13. The maximum Gasteiger partial charge on any atom is 0.158 e. The first-order valence-corrected chi connectivity index (χ1v) is 3.51. The number of ketones is 1. The molecule has 0 saturated heterocycles. The highest BCUT2D eigenvalue weighted by molar-refractivity contribution is 5.91. The molecule has 0 radical (unpaired) electrons. The first-order valence-electron chi connectivity index (χ1n) is 3.51. The lowest BCUT2D eigenvalue weighted by Gasteiger charge is -2.01. The van der Waals surface area contributed by atoms with E-state index in [2.05, 4.69) is 0 Å². The monoisotopic (exact) mass is 124 g/mol. The number of carbonyl (C=O) groups excluding carboxylic acids is 1. The summed E-state index contributed by atoms with van der Waals surface area (Å²) in [5, 5.41) is 0. The normalized spacial score (nSPS) is 28.1. The third kappa shape index (κ3) is 1.67. The van der Waals surface area contributed by atoms with Gasteiger partial charge in [0.15, 0.2) is 5.78 Å². The lowest BCUT2D eigenvalue weighted by molar-refractivity contribution is -0.117. The van der Waals surface area contributed by atoms with Crippen molar-refractivity contribution in [1.82, 2.24) is 0 Å². The van der Waals surface area contributed by atoms with Crippen molar-refractivity contribution in [3.05, 3.63) is 12.2 Å². The maximum atomic E-state index is 10.9. The molecule has 0 amide bonds. The molecule has 0 saturated carbocycles. The van der Waals surface area contributed by atoms with Gasteiger partial charge in [-0.2, -0.15) is 0 Å². The average Bonchev–Trinajstić information content (AvgIpc) is 1.99. The lowest BCUT2D eigenvalue weighted by atomic mass is 10.0. The van der Waals surface area contributed by atoms with Gasteiger partial charge in [0.1, 0.15) is 0 Å². The summed E-state index contributed by atoms with van der Waals surface area (Å²) in [5.74, 6) is 0.566. The Hall–Kier alpha value is -0.590. The fourth-order valence-corrected chi connectivity index (χ4v) is 1.05. The molecule has 50 valence electrons. The molecule has 1 nitrogen and oxygen atoms in total. The lowest BCUT2D eigenvalue weighted by Crippen LogP contribution is -2.04. The highest BCUT2D eigenvalue weighted by Gasteiger charge is 2.10. The molecule has 0 aromatic carbocycles. The maximum absolute atomic E-state index is 10.9. The summed E-state index contributed by atoms with van der Waals surface area (Å²) < 4.78 is 0. The van der Waals surface area contributed by atoms with Crippen molar-refractivity contribution >= 4 is 5.78 Å². The Bertz CT molecular complexity index is 136. The van der Waals surface area contributed by atoms with Crippen molar-refractivity contribution in [2.45, 2.75) is 26.2 Å². The van der Waals surface area contributed by atoms with E-state index in [9.17, 15) is 4.79 Å². The van der Waals surface area contributed by atoms with Gasteiger partial charge < -0.3 is 0 Å². The standard InChI is InChI=1S/C8H12O/c1-7-5-3-2-4-6-8(7)9/h4,6-7H,2-3,5H2,1H3. The van der Waals surface area contributed by atoms with E-state index in [1.165, 1.54) is 6.42 Å². The van der Waals surface area contributed by atoms with Gasteiger partial charge in [0, 0.05) is 5.92 Å². The van der Waals surface area contributed by atoms with E-state index in [1.54, 1.807) is 6.08 Å². The molecule has 1 heteroatoms. The van der Waals surface area contributed by atoms with Crippen molar-refractivity contribution < 1.29 is 4.79 Å². The second kappa shape index (κ2) is 2.81. The van der Waals surface area contributed by atoms with Crippen LogP contribution < -0.4 is 0 Å². The zero-order chi connectivity index (χ0) is 6.69. The summed E-state index contributed by atoms with van der Waals surface area (Å²) in [6.45, 7) is 2.00. The molecule has 0 N–H and O–H groups in total. The minimum Gasteiger partial charge on any atom is -0.295 e. The largest absolute Gasteiger partial charge is 0.295 e. The van der Waals surface area contributed by atoms with Crippen LogP contribution in [0.15, 0.2) is 12.2 Å². The zero-order valence-electron chi connectivity index (χ0n) is 5.76. The minimum absolute atomic E-state index is 0.267. The predicted molar refractivity (Wildman–Crippen MR) is 37.2 cm³/mol. The summed E-state index contributed by atoms with van der Waals surface area (Å²) in [7, 11) is 0. The number of hydrogen-bond acceptors (Lipinski definition) is 1. The summed E-state index contributed by atoms with van der Waals surface area (Å²) in [6.07, 6.45) is 7.01. The Balaban J connectivity index is 2.57. The molecule has 9 heavy (non-hydrogen) atoms. The Morgan fingerprint density at radius 1 is 1.67 bits per heavy atom. The molecule has 0 spiro atoms. The molecule has 0 aromatic rings. The van der Waals surface area contributed by atoms with Crippen LogP contribution in [0.2, 0.25) is 0 Å². The van der Waals surface area contributed by atoms with Crippen LogP contribution in [0, 0.1) is 5.92 Å². The number of hydrogen-bond donors (Lipinski definition) is 0. The van der Waals surface area contributed by atoms with Crippen LogP contribution in [-0.4, -0.2) is 5.78 Å². The predicted octanol–water partition coefficient (Wildman–Crippen LogP) is 1.93. The second-order valence-electron chi connectivity index (χ2n) is 2.64. The Kier molecular flexibility index (Phi) is 2.04. The third-order valence-corrected chi connectivity index (χ3v) is 1.78. The summed E-state index contributed by atoms with van der Waals surface area (Å²) in [5.41, 5.74) is 0.